The van der Waals surface area contributed by atoms with Crippen LogP contribution in [0.25, 0.3) is 0 Å². The molecule has 0 aromatic heterocycles. The standard InChI is InChI=1S/C16H19N3O2S/c1-3-5-14-15(20)18-16(22-14)19-17-11-12-6-8-13(9-7-12)21-10-4-2/h3,6-9,11,14H,1,4-5,10H2,2H3,(H,18,19,20)/b17-11-. The molecule has 1 aromatic carbocycles. The van der Waals surface area contributed by atoms with E-state index in [1.54, 1.807) is 12.3 Å². The number of rotatable bonds is 7. The Bertz CT molecular complexity index is 582. The van der Waals surface area contributed by atoms with E-state index >= 15 is 0 Å². The summed E-state index contributed by atoms with van der Waals surface area (Å²) in [4.78, 5) is 11.6. The number of thioether (sulfide) groups is 1. The maximum atomic E-state index is 11.6. The molecule has 1 aliphatic rings. The smallest absolute Gasteiger partial charge is 0.239 e. The van der Waals surface area contributed by atoms with Gasteiger partial charge in [0.1, 0.15) is 5.75 Å². The molecule has 0 saturated carbocycles. The molecule has 116 valence electrons. The molecule has 1 saturated heterocycles. The predicted octanol–water partition coefficient (Wildman–Crippen LogP) is 2.97. The first-order chi connectivity index (χ1) is 10.7. The van der Waals surface area contributed by atoms with Gasteiger partial charge in [-0.05, 0) is 42.7 Å². The number of amidine groups is 1. The zero-order valence-electron chi connectivity index (χ0n) is 12.5. The molecule has 6 heteroatoms. The summed E-state index contributed by atoms with van der Waals surface area (Å²) in [5, 5.41) is 11.1. The molecule has 1 aliphatic heterocycles. The molecule has 22 heavy (non-hydrogen) atoms. The molecule has 1 aromatic rings. The van der Waals surface area contributed by atoms with Crippen LogP contribution in [0.15, 0.2) is 47.1 Å². The number of carbonyl (C=O) groups excluding carboxylic acids is 1. The molecule has 1 amide bonds. The number of carbonyl (C=O) groups is 1. The van der Waals surface area contributed by atoms with E-state index in [4.69, 9.17) is 4.74 Å². The Kier molecular flexibility index (Phi) is 6.21. The van der Waals surface area contributed by atoms with Crippen molar-refractivity contribution in [1.82, 2.24) is 5.32 Å². The fourth-order valence-electron chi connectivity index (χ4n) is 1.78. The largest absolute Gasteiger partial charge is 0.494 e. The Morgan fingerprint density at radius 3 is 2.86 bits per heavy atom. The van der Waals surface area contributed by atoms with Crippen molar-refractivity contribution in [2.24, 2.45) is 10.2 Å². The number of nitrogens with one attached hydrogen (secondary N) is 1. The van der Waals surface area contributed by atoms with E-state index in [2.05, 4.69) is 29.0 Å². The summed E-state index contributed by atoms with van der Waals surface area (Å²) in [6.45, 7) is 6.42. The van der Waals surface area contributed by atoms with Crippen molar-refractivity contribution >= 4 is 29.1 Å². The molecule has 1 N–H and O–H groups in total. The number of nitrogens with zero attached hydrogens (tertiary/aromatic N) is 2. The normalized spacial score (nSPS) is 19.6. The Balaban J connectivity index is 1.90. The van der Waals surface area contributed by atoms with E-state index in [1.165, 1.54) is 11.8 Å². The molecule has 1 fully saturated rings. The number of hydrogen-bond acceptors (Lipinski definition) is 5. The molecule has 1 atom stereocenters. The lowest BCUT2D eigenvalue weighted by atomic mass is 10.2. The Morgan fingerprint density at radius 2 is 2.18 bits per heavy atom. The van der Waals surface area contributed by atoms with Gasteiger partial charge in [0.25, 0.3) is 0 Å². The molecule has 0 aliphatic carbocycles. The third-order valence-corrected chi connectivity index (χ3v) is 3.96. The Hall–Kier alpha value is -2.08. The minimum Gasteiger partial charge on any atom is -0.494 e. The number of allylic oxidation sites excluding steroid dienone is 1. The van der Waals surface area contributed by atoms with Crippen molar-refractivity contribution in [2.45, 2.75) is 25.0 Å². The maximum absolute atomic E-state index is 11.6. The highest BCUT2D eigenvalue weighted by Crippen LogP contribution is 2.22. The van der Waals surface area contributed by atoms with Crippen LogP contribution in [0.2, 0.25) is 0 Å². The predicted molar refractivity (Wildman–Crippen MR) is 91.6 cm³/mol. The molecular weight excluding hydrogens is 298 g/mol. The highest BCUT2D eigenvalue weighted by molar-refractivity contribution is 8.15. The molecule has 1 unspecified atom stereocenters. The third-order valence-electron chi connectivity index (χ3n) is 2.87. The van der Waals surface area contributed by atoms with Gasteiger partial charge in [-0.15, -0.1) is 11.7 Å². The van der Waals surface area contributed by atoms with Crippen LogP contribution in [0.4, 0.5) is 0 Å². The maximum Gasteiger partial charge on any atom is 0.239 e. The molecule has 1 heterocycles. The molecule has 0 bridgehead atoms. The van der Waals surface area contributed by atoms with Crippen molar-refractivity contribution in [2.75, 3.05) is 6.61 Å². The van der Waals surface area contributed by atoms with Crippen molar-refractivity contribution in [1.29, 1.82) is 0 Å². The van der Waals surface area contributed by atoms with Crippen molar-refractivity contribution < 1.29 is 9.53 Å². The fraction of sp³-hybridized carbons (Fsp3) is 0.312. The highest BCUT2D eigenvalue weighted by Gasteiger charge is 2.28. The lowest BCUT2D eigenvalue weighted by Crippen LogP contribution is -2.24. The van der Waals surface area contributed by atoms with E-state index in [0.717, 1.165) is 17.7 Å². The second-order valence-corrected chi connectivity index (χ2v) is 5.88. The van der Waals surface area contributed by atoms with Crippen LogP contribution in [0.3, 0.4) is 0 Å². The zero-order chi connectivity index (χ0) is 15.8. The fourth-order valence-corrected chi connectivity index (χ4v) is 2.70. The van der Waals surface area contributed by atoms with Crippen LogP contribution in [-0.2, 0) is 4.79 Å². The van der Waals surface area contributed by atoms with Gasteiger partial charge in [0.05, 0.1) is 18.1 Å². The lowest BCUT2D eigenvalue weighted by molar-refractivity contribution is -0.118. The van der Waals surface area contributed by atoms with Crippen LogP contribution in [0.5, 0.6) is 5.75 Å². The number of ether oxygens (including phenoxy) is 1. The second kappa shape index (κ2) is 8.38. The first kappa shape index (κ1) is 16.3. The molecule has 5 nitrogen and oxygen atoms in total. The van der Waals surface area contributed by atoms with E-state index < -0.39 is 0 Å². The first-order valence-electron chi connectivity index (χ1n) is 7.15. The number of amides is 1. The van der Waals surface area contributed by atoms with E-state index in [1.807, 2.05) is 24.3 Å². The van der Waals surface area contributed by atoms with Gasteiger partial charge >= 0.3 is 0 Å². The summed E-state index contributed by atoms with van der Waals surface area (Å²) in [7, 11) is 0. The third kappa shape index (κ3) is 4.73. The van der Waals surface area contributed by atoms with Gasteiger partial charge in [-0.3, -0.25) is 4.79 Å². The minimum absolute atomic E-state index is 0.0451. The van der Waals surface area contributed by atoms with Gasteiger partial charge in [-0.2, -0.15) is 5.10 Å². The summed E-state index contributed by atoms with van der Waals surface area (Å²) in [6.07, 6.45) is 4.98. The van der Waals surface area contributed by atoms with Gasteiger partial charge in [0.2, 0.25) is 5.91 Å². The Labute approximate surface area is 134 Å². The highest BCUT2D eigenvalue weighted by atomic mass is 32.2. The van der Waals surface area contributed by atoms with Crippen molar-refractivity contribution in [3.05, 3.63) is 42.5 Å². The van der Waals surface area contributed by atoms with Crippen LogP contribution in [0, 0.1) is 0 Å². The van der Waals surface area contributed by atoms with Gasteiger partial charge in [0.15, 0.2) is 5.17 Å². The zero-order valence-corrected chi connectivity index (χ0v) is 13.3. The summed E-state index contributed by atoms with van der Waals surface area (Å²) in [5.41, 5.74) is 0.921. The topological polar surface area (TPSA) is 63.1 Å². The van der Waals surface area contributed by atoms with E-state index in [0.29, 0.717) is 18.2 Å². The average molecular weight is 317 g/mol. The molecule has 0 spiro atoms. The quantitative estimate of drug-likeness (QED) is 0.478. The number of benzene rings is 1. The molecular formula is C16H19N3O2S. The molecule has 2 rings (SSSR count). The van der Waals surface area contributed by atoms with Gasteiger partial charge in [0, 0.05) is 0 Å². The van der Waals surface area contributed by atoms with Crippen molar-refractivity contribution in [3.8, 4) is 5.75 Å². The summed E-state index contributed by atoms with van der Waals surface area (Å²) in [6, 6.07) is 7.62. The number of hydrogen-bond donors (Lipinski definition) is 1. The summed E-state index contributed by atoms with van der Waals surface area (Å²) >= 11 is 1.37. The first-order valence-corrected chi connectivity index (χ1v) is 8.03. The van der Waals surface area contributed by atoms with Crippen LogP contribution in [0.1, 0.15) is 25.3 Å². The average Bonchev–Trinajstić information content (AvgIpc) is 2.87. The molecule has 0 radical (unpaired) electrons. The SMILES string of the molecule is C=CCC1S/C(=N\N=C/c2ccc(OCCC)cc2)NC1=O. The van der Waals surface area contributed by atoms with Gasteiger partial charge < -0.3 is 10.1 Å². The minimum atomic E-state index is -0.151. The van der Waals surface area contributed by atoms with Crippen LogP contribution in [-0.4, -0.2) is 29.1 Å². The van der Waals surface area contributed by atoms with E-state index in [9.17, 15) is 4.79 Å². The van der Waals surface area contributed by atoms with Crippen LogP contribution < -0.4 is 10.1 Å². The van der Waals surface area contributed by atoms with Crippen LogP contribution >= 0.6 is 11.8 Å². The summed E-state index contributed by atoms with van der Waals surface area (Å²) < 4.78 is 5.51. The van der Waals surface area contributed by atoms with Gasteiger partial charge in [-0.25, -0.2) is 0 Å². The van der Waals surface area contributed by atoms with Crippen molar-refractivity contribution in [3.63, 3.8) is 0 Å². The second-order valence-electron chi connectivity index (χ2n) is 4.69. The Morgan fingerprint density at radius 1 is 1.41 bits per heavy atom. The lowest BCUT2D eigenvalue weighted by Gasteiger charge is -2.03. The van der Waals surface area contributed by atoms with Gasteiger partial charge in [-0.1, -0.05) is 24.8 Å². The monoisotopic (exact) mass is 317 g/mol. The van der Waals surface area contributed by atoms with E-state index in [-0.39, 0.29) is 11.2 Å². The summed E-state index contributed by atoms with van der Waals surface area (Å²) in [5.74, 6) is 0.799.